The lowest BCUT2D eigenvalue weighted by Crippen LogP contribution is -2.14. The number of carbonyl (C=O) groups is 1. The molecule has 0 saturated heterocycles. The highest BCUT2D eigenvalue weighted by molar-refractivity contribution is 5.83. The van der Waals surface area contributed by atoms with Gasteiger partial charge in [-0.2, -0.15) is 0 Å². The van der Waals surface area contributed by atoms with Gasteiger partial charge in [0.05, 0.1) is 13.0 Å². The van der Waals surface area contributed by atoms with Crippen molar-refractivity contribution >= 4 is 12.0 Å². The van der Waals surface area contributed by atoms with Gasteiger partial charge in [-0.25, -0.2) is 0 Å². The first-order chi connectivity index (χ1) is 8.58. The Morgan fingerprint density at radius 2 is 2.11 bits per heavy atom. The summed E-state index contributed by atoms with van der Waals surface area (Å²) >= 11 is 0. The number of fused-ring (bicyclic) bond motifs is 1. The molecule has 1 aromatic carbocycles. The molecule has 0 aromatic heterocycles. The molecule has 1 aliphatic rings. The summed E-state index contributed by atoms with van der Waals surface area (Å²) in [5.41, 5.74) is 0.925. The van der Waals surface area contributed by atoms with Crippen molar-refractivity contribution in [2.24, 2.45) is 5.92 Å². The van der Waals surface area contributed by atoms with E-state index >= 15 is 0 Å². The van der Waals surface area contributed by atoms with E-state index in [-0.39, 0.29) is 11.9 Å². The molecule has 0 unspecified atom stereocenters. The van der Waals surface area contributed by atoms with E-state index < -0.39 is 0 Å². The number of allylic oxidation sites excluding steroid dienone is 1. The third-order valence-electron chi connectivity index (χ3n) is 2.59. The number of hydrogen-bond acceptors (Lipinski definition) is 4. The lowest BCUT2D eigenvalue weighted by molar-refractivity contribution is -0.137. The van der Waals surface area contributed by atoms with Gasteiger partial charge in [0.2, 0.25) is 11.5 Å². The molecule has 0 saturated carbocycles. The molecule has 0 amide bonds. The Hall–Kier alpha value is -1.97. The maximum absolute atomic E-state index is 11.6. The summed E-state index contributed by atoms with van der Waals surface area (Å²) in [7, 11) is 1.54. The second kappa shape index (κ2) is 4.72. The standard InChI is InChI=1S/C14H16O4/c1-5-6-9-7-10(16-4)12(13-11(9)17-13)18-14(15)8(2)3/h5-8H,1-4H3. The smallest absolute Gasteiger partial charge is 0.314 e. The minimum Gasteiger partial charge on any atom is -0.493 e. The Bertz CT molecular complexity index is 515. The molecule has 0 N–H and O–H groups in total. The van der Waals surface area contributed by atoms with Crippen molar-refractivity contribution < 1.29 is 19.0 Å². The number of esters is 1. The molecule has 4 heteroatoms. The first-order valence-corrected chi connectivity index (χ1v) is 5.85. The molecule has 1 heterocycles. The van der Waals surface area contributed by atoms with Gasteiger partial charge in [-0.3, -0.25) is 4.79 Å². The summed E-state index contributed by atoms with van der Waals surface area (Å²) in [4.78, 5) is 11.6. The molecule has 2 rings (SSSR count). The summed E-state index contributed by atoms with van der Waals surface area (Å²) in [6.07, 6.45) is 3.83. The van der Waals surface area contributed by atoms with Crippen LogP contribution in [0, 0.1) is 5.92 Å². The van der Waals surface area contributed by atoms with Crippen LogP contribution in [0.15, 0.2) is 12.1 Å². The zero-order chi connectivity index (χ0) is 13.3. The van der Waals surface area contributed by atoms with Gasteiger partial charge in [-0.1, -0.05) is 26.0 Å². The molecule has 4 nitrogen and oxygen atoms in total. The summed E-state index contributed by atoms with van der Waals surface area (Å²) in [5, 5.41) is 0. The van der Waals surface area contributed by atoms with Crippen LogP contribution in [0.5, 0.6) is 23.0 Å². The third kappa shape index (κ3) is 2.18. The molecule has 18 heavy (non-hydrogen) atoms. The van der Waals surface area contributed by atoms with E-state index in [9.17, 15) is 4.79 Å². The fraction of sp³-hybridized carbons (Fsp3) is 0.357. The number of ether oxygens (including phenoxy) is 3. The molecule has 0 bridgehead atoms. The highest BCUT2D eigenvalue weighted by Crippen LogP contribution is 2.59. The first-order valence-electron chi connectivity index (χ1n) is 5.85. The topological polar surface area (TPSA) is 48.1 Å². The van der Waals surface area contributed by atoms with Crippen LogP contribution >= 0.6 is 0 Å². The monoisotopic (exact) mass is 248 g/mol. The van der Waals surface area contributed by atoms with Gasteiger partial charge in [-0.15, -0.1) is 0 Å². The third-order valence-corrected chi connectivity index (χ3v) is 2.59. The van der Waals surface area contributed by atoms with E-state index in [1.165, 1.54) is 7.11 Å². The Morgan fingerprint density at radius 1 is 1.39 bits per heavy atom. The van der Waals surface area contributed by atoms with Crippen LogP contribution in [-0.4, -0.2) is 13.1 Å². The average Bonchev–Trinajstić information content (AvgIpc) is 3.12. The molecule has 0 aliphatic carbocycles. The van der Waals surface area contributed by atoms with Crippen molar-refractivity contribution in [1.29, 1.82) is 0 Å². The lowest BCUT2D eigenvalue weighted by atomic mass is 10.2. The quantitative estimate of drug-likeness (QED) is 0.472. The van der Waals surface area contributed by atoms with Crippen molar-refractivity contribution in [3.63, 3.8) is 0 Å². The summed E-state index contributed by atoms with van der Waals surface area (Å²) in [6, 6.07) is 1.80. The summed E-state index contributed by atoms with van der Waals surface area (Å²) in [6.45, 7) is 5.48. The van der Waals surface area contributed by atoms with Gasteiger partial charge < -0.3 is 14.2 Å². The zero-order valence-corrected chi connectivity index (χ0v) is 10.9. The normalized spacial score (nSPS) is 12.3. The molecule has 0 fully saturated rings. The van der Waals surface area contributed by atoms with E-state index in [4.69, 9.17) is 14.2 Å². The van der Waals surface area contributed by atoms with E-state index in [0.29, 0.717) is 17.2 Å². The van der Waals surface area contributed by atoms with Crippen LogP contribution < -0.4 is 14.2 Å². The first kappa shape index (κ1) is 12.5. The Kier molecular flexibility index (Phi) is 3.28. The summed E-state index contributed by atoms with van der Waals surface area (Å²) < 4.78 is 15.9. The van der Waals surface area contributed by atoms with Crippen LogP contribution in [0.3, 0.4) is 0 Å². The van der Waals surface area contributed by atoms with E-state index in [0.717, 1.165) is 11.3 Å². The van der Waals surface area contributed by atoms with Crippen LogP contribution in [-0.2, 0) is 4.79 Å². The minimum absolute atomic E-state index is 0.195. The van der Waals surface area contributed by atoms with Crippen LogP contribution in [0.1, 0.15) is 26.3 Å². The highest BCUT2D eigenvalue weighted by atomic mass is 16.6. The molecular weight excluding hydrogens is 232 g/mol. The fourth-order valence-corrected chi connectivity index (χ4v) is 1.57. The molecule has 96 valence electrons. The lowest BCUT2D eigenvalue weighted by Gasteiger charge is -2.09. The van der Waals surface area contributed by atoms with Crippen molar-refractivity contribution in [2.45, 2.75) is 20.8 Å². The number of methoxy groups -OCH3 is 1. The van der Waals surface area contributed by atoms with Crippen LogP contribution in [0.2, 0.25) is 0 Å². The number of rotatable bonds is 4. The Labute approximate surface area is 106 Å². The number of hydrogen-bond donors (Lipinski definition) is 0. The SMILES string of the molecule is CC=Cc1cc(OC)c(OC(=O)C(C)C)c2c1O2. The molecule has 0 spiro atoms. The van der Waals surface area contributed by atoms with Gasteiger partial charge in [0.1, 0.15) is 0 Å². The van der Waals surface area contributed by atoms with Crippen LogP contribution in [0.4, 0.5) is 0 Å². The van der Waals surface area contributed by atoms with Crippen LogP contribution in [0.25, 0.3) is 6.08 Å². The maximum atomic E-state index is 11.6. The van der Waals surface area contributed by atoms with Crippen molar-refractivity contribution in [2.75, 3.05) is 7.11 Å². The summed E-state index contributed by atoms with van der Waals surface area (Å²) in [5.74, 6) is 1.73. The second-order valence-corrected chi connectivity index (χ2v) is 4.33. The number of carbonyl (C=O) groups excluding carboxylic acids is 1. The second-order valence-electron chi connectivity index (χ2n) is 4.33. The minimum atomic E-state index is -0.301. The van der Waals surface area contributed by atoms with Crippen molar-refractivity contribution in [1.82, 2.24) is 0 Å². The molecule has 1 aromatic rings. The van der Waals surface area contributed by atoms with Gasteiger partial charge in [0.15, 0.2) is 11.5 Å². The molecular formula is C14H16O4. The largest absolute Gasteiger partial charge is 0.493 e. The number of benzene rings is 1. The maximum Gasteiger partial charge on any atom is 0.314 e. The predicted octanol–water partition coefficient (Wildman–Crippen LogP) is 3.40. The van der Waals surface area contributed by atoms with E-state index in [2.05, 4.69) is 0 Å². The fourth-order valence-electron chi connectivity index (χ4n) is 1.57. The predicted molar refractivity (Wildman–Crippen MR) is 68.2 cm³/mol. The molecule has 0 radical (unpaired) electrons. The Morgan fingerprint density at radius 3 is 2.67 bits per heavy atom. The Balaban J connectivity index is 2.36. The van der Waals surface area contributed by atoms with E-state index in [1.807, 2.05) is 19.1 Å². The van der Waals surface area contributed by atoms with E-state index in [1.54, 1.807) is 19.9 Å². The molecule has 0 atom stereocenters. The average molecular weight is 248 g/mol. The van der Waals surface area contributed by atoms with Gasteiger partial charge in [0.25, 0.3) is 0 Å². The van der Waals surface area contributed by atoms with Gasteiger partial charge in [0, 0.05) is 5.56 Å². The van der Waals surface area contributed by atoms with Gasteiger partial charge in [-0.05, 0) is 13.0 Å². The zero-order valence-electron chi connectivity index (χ0n) is 10.9. The highest BCUT2D eigenvalue weighted by Gasteiger charge is 2.34. The van der Waals surface area contributed by atoms with Crippen molar-refractivity contribution in [3.05, 3.63) is 17.7 Å². The molecule has 1 aliphatic heterocycles. The van der Waals surface area contributed by atoms with Crippen molar-refractivity contribution in [3.8, 4) is 23.0 Å². The van der Waals surface area contributed by atoms with Gasteiger partial charge >= 0.3 is 5.97 Å².